The van der Waals surface area contributed by atoms with E-state index in [-0.39, 0.29) is 18.3 Å². The highest BCUT2D eigenvalue weighted by Crippen LogP contribution is 2.27. The smallest absolute Gasteiger partial charge is 0.345 e. The number of ether oxygens (including phenoxy) is 1. The Hall–Kier alpha value is -3.61. The molecule has 0 saturated carbocycles. The number of phenols is 1. The quantitative estimate of drug-likeness (QED) is 0.588. The number of rotatable bonds is 6. The van der Waals surface area contributed by atoms with E-state index >= 15 is 0 Å². The Bertz CT molecular complexity index is 1190. The average molecular weight is 448 g/mol. The first kappa shape index (κ1) is 22.6. The SMILES string of the molecule is CCC1CCCCN1C(=O)COc1ccc(-c2cc(-c3ccc(O)c(C)c3)nc(=O)[nH]2)cc1. The van der Waals surface area contributed by atoms with Crippen molar-refractivity contribution in [3.63, 3.8) is 0 Å². The molecule has 3 aromatic rings. The summed E-state index contributed by atoms with van der Waals surface area (Å²) in [6.45, 7) is 4.74. The van der Waals surface area contributed by atoms with Gasteiger partial charge in [-0.15, -0.1) is 0 Å². The van der Waals surface area contributed by atoms with Gasteiger partial charge in [-0.1, -0.05) is 6.92 Å². The third kappa shape index (κ3) is 5.25. The second-order valence-corrected chi connectivity index (χ2v) is 8.44. The number of hydrogen-bond acceptors (Lipinski definition) is 5. The zero-order chi connectivity index (χ0) is 23.4. The molecular weight excluding hydrogens is 418 g/mol. The zero-order valence-corrected chi connectivity index (χ0v) is 19.0. The number of aromatic nitrogens is 2. The summed E-state index contributed by atoms with van der Waals surface area (Å²) in [7, 11) is 0. The molecule has 2 N–H and O–H groups in total. The van der Waals surface area contributed by atoms with Gasteiger partial charge in [0.05, 0.1) is 11.4 Å². The standard InChI is InChI=1S/C26H29N3O4/c1-3-20-6-4-5-13-29(20)25(31)16-33-21-10-7-18(8-11-21)22-15-23(28-26(32)27-22)19-9-12-24(30)17(2)14-19/h7-12,14-15,20,30H,3-6,13,16H2,1-2H3,(H,27,28,32). The monoisotopic (exact) mass is 447 g/mol. The number of hydrogen-bond donors (Lipinski definition) is 2. The molecule has 0 radical (unpaired) electrons. The number of aromatic hydroxyl groups is 1. The van der Waals surface area contributed by atoms with Gasteiger partial charge in [-0.3, -0.25) is 4.79 Å². The molecule has 1 aliphatic rings. The molecule has 0 spiro atoms. The Morgan fingerprint density at radius 1 is 1.15 bits per heavy atom. The largest absolute Gasteiger partial charge is 0.508 e. The highest BCUT2D eigenvalue weighted by molar-refractivity contribution is 5.78. The summed E-state index contributed by atoms with van der Waals surface area (Å²) in [5, 5.41) is 9.76. The average Bonchev–Trinajstić information content (AvgIpc) is 2.84. The van der Waals surface area contributed by atoms with Crippen molar-refractivity contribution < 1.29 is 14.6 Å². The number of amides is 1. The van der Waals surface area contributed by atoms with Crippen molar-refractivity contribution >= 4 is 5.91 Å². The molecule has 7 nitrogen and oxygen atoms in total. The van der Waals surface area contributed by atoms with Crippen LogP contribution in [-0.2, 0) is 4.79 Å². The number of aromatic amines is 1. The maximum absolute atomic E-state index is 12.6. The first-order valence-electron chi connectivity index (χ1n) is 11.4. The predicted molar refractivity (Wildman–Crippen MR) is 127 cm³/mol. The summed E-state index contributed by atoms with van der Waals surface area (Å²) in [6, 6.07) is 14.5. The summed E-state index contributed by atoms with van der Waals surface area (Å²) in [5.41, 5.74) is 2.95. The van der Waals surface area contributed by atoms with Gasteiger partial charge in [0.15, 0.2) is 6.61 Å². The Morgan fingerprint density at radius 2 is 1.91 bits per heavy atom. The van der Waals surface area contributed by atoms with Gasteiger partial charge in [0, 0.05) is 18.2 Å². The van der Waals surface area contributed by atoms with Gasteiger partial charge in [0.2, 0.25) is 0 Å². The minimum Gasteiger partial charge on any atom is -0.508 e. The Morgan fingerprint density at radius 3 is 2.64 bits per heavy atom. The van der Waals surface area contributed by atoms with Gasteiger partial charge in [-0.2, -0.15) is 4.98 Å². The molecule has 1 aromatic heterocycles. The van der Waals surface area contributed by atoms with Crippen molar-refractivity contribution in [2.45, 2.75) is 45.6 Å². The summed E-state index contributed by atoms with van der Waals surface area (Å²) >= 11 is 0. The van der Waals surface area contributed by atoms with Crippen LogP contribution in [0.15, 0.2) is 53.3 Å². The topological polar surface area (TPSA) is 95.5 Å². The Kier molecular flexibility index (Phi) is 6.77. The molecule has 1 aliphatic heterocycles. The van der Waals surface area contributed by atoms with Gasteiger partial charge in [0.25, 0.3) is 5.91 Å². The van der Waals surface area contributed by atoms with E-state index in [1.807, 2.05) is 17.0 Å². The lowest BCUT2D eigenvalue weighted by atomic mass is 10.00. The second kappa shape index (κ2) is 9.90. The lowest BCUT2D eigenvalue weighted by Crippen LogP contribution is -2.45. The highest BCUT2D eigenvalue weighted by atomic mass is 16.5. The molecular formula is C26H29N3O4. The summed E-state index contributed by atoms with van der Waals surface area (Å²) in [4.78, 5) is 33.6. The van der Waals surface area contributed by atoms with Crippen LogP contribution in [0.25, 0.3) is 22.5 Å². The maximum atomic E-state index is 12.6. The van der Waals surface area contributed by atoms with Crippen molar-refractivity contribution in [1.29, 1.82) is 0 Å². The number of nitrogens with zero attached hydrogens (tertiary/aromatic N) is 2. The van der Waals surface area contributed by atoms with Crippen LogP contribution in [0.2, 0.25) is 0 Å². The molecule has 4 rings (SSSR count). The molecule has 1 amide bonds. The van der Waals surface area contributed by atoms with Crippen LogP contribution in [0.4, 0.5) is 0 Å². The molecule has 0 bridgehead atoms. The maximum Gasteiger partial charge on any atom is 0.345 e. The molecule has 2 aromatic carbocycles. The minimum absolute atomic E-state index is 0.0201. The van der Waals surface area contributed by atoms with Crippen molar-refractivity contribution in [1.82, 2.24) is 14.9 Å². The van der Waals surface area contributed by atoms with Gasteiger partial charge >= 0.3 is 5.69 Å². The van der Waals surface area contributed by atoms with E-state index in [0.29, 0.717) is 28.7 Å². The number of benzene rings is 2. The van der Waals surface area contributed by atoms with Crippen LogP contribution in [0, 0.1) is 6.92 Å². The van der Waals surface area contributed by atoms with E-state index in [9.17, 15) is 14.7 Å². The highest BCUT2D eigenvalue weighted by Gasteiger charge is 2.25. The number of carbonyl (C=O) groups is 1. The minimum atomic E-state index is -0.453. The first-order valence-corrected chi connectivity index (χ1v) is 11.4. The molecule has 33 heavy (non-hydrogen) atoms. The fraction of sp³-hybridized carbons (Fsp3) is 0.346. The number of aryl methyl sites for hydroxylation is 1. The molecule has 7 heteroatoms. The normalized spacial score (nSPS) is 15.9. The summed E-state index contributed by atoms with van der Waals surface area (Å²) in [6.07, 6.45) is 4.26. The number of nitrogens with one attached hydrogen (secondary N) is 1. The third-order valence-corrected chi connectivity index (χ3v) is 6.18. The number of H-pyrrole nitrogens is 1. The summed E-state index contributed by atoms with van der Waals surface area (Å²) in [5.74, 6) is 0.823. The Labute approximate surface area is 193 Å². The lowest BCUT2D eigenvalue weighted by Gasteiger charge is -2.35. The molecule has 1 fully saturated rings. The predicted octanol–water partition coefficient (Wildman–Crippen LogP) is 4.29. The van der Waals surface area contributed by atoms with Crippen molar-refractivity contribution in [2.24, 2.45) is 0 Å². The van der Waals surface area contributed by atoms with Crippen LogP contribution in [-0.4, -0.2) is 45.1 Å². The second-order valence-electron chi connectivity index (χ2n) is 8.44. The van der Waals surface area contributed by atoms with Crippen LogP contribution >= 0.6 is 0 Å². The third-order valence-electron chi connectivity index (χ3n) is 6.18. The van der Waals surface area contributed by atoms with E-state index in [1.54, 1.807) is 43.3 Å². The number of phenolic OH excluding ortho intramolecular Hbond substituents is 1. The lowest BCUT2D eigenvalue weighted by molar-refractivity contribution is -0.137. The van der Waals surface area contributed by atoms with Gasteiger partial charge in [-0.05, 0) is 92.3 Å². The van der Waals surface area contributed by atoms with Crippen molar-refractivity contribution in [3.05, 3.63) is 64.6 Å². The Balaban J connectivity index is 1.47. The van der Waals surface area contributed by atoms with Crippen molar-refractivity contribution in [3.8, 4) is 34.0 Å². The van der Waals surface area contributed by atoms with Crippen LogP contribution in [0.3, 0.4) is 0 Å². The van der Waals surface area contributed by atoms with E-state index in [4.69, 9.17) is 4.74 Å². The number of carbonyl (C=O) groups excluding carboxylic acids is 1. The molecule has 1 unspecified atom stereocenters. The van der Waals surface area contributed by atoms with Crippen molar-refractivity contribution in [2.75, 3.05) is 13.2 Å². The van der Waals surface area contributed by atoms with E-state index in [2.05, 4.69) is 16.9 Å². The van der Waals surface area contributed by atoms with E-state index in [1.165, 1.54) is 6.42 Å². The number of piperidine rings is 1. The number of likely N-dealkylation sites (tertiary alicyclic amines) is 1. The fourth-order valence-electron chi connectivity index (χ4n) is 4.29. The van der Waals surface area contributed by atoms with Crippen LogP contribution in [0.1, 0.15) is 38.2 Å². The van der Waals surface area contributed by atoms with E-state index in [0.717, 1.165) is 36.9 Å². The molecule has 172 valence electrons. The van der Waals surface area contributed by atoms with Gasteiger partial charge in [0.1, 0.15) is 11.5 Å². The molecule has 2 heterocycles. The van der Waals surface area contributed by atoms with E-state index < -0.39 is 5.69 Å². The first-order chi connectivity index (χ1) is 15.9. The molecule has 1 saturated heterocycles. The fourth-order valence-corrected chi connectivity index (χ4v) is 4.29. The molecule has 0 aliphatic carbocycles. The summed E-state index contributed by atoms with van der Waals surface area (Å²) < 4.78 is 5.75. The van der Waals surface area contributed by atoms with Gasteiger partial charge in [-0.25, -0.2) is 4.79 Å². The van der Waals surface area contributed by atoms with Crippen LogP contribution in [0.5, 0.6) is 11.5 Å². The van der Waals surface area contributed by atoms with Gasteiger partial charge < -0.3 is 19.7 Å². The zero-order valence-electron chi connectivity index (χ0n) is 19.0. The van der Waals surface area contributed by atoms with Crippen LogP contribution < -0.4 is 10.4 Å². The molecule has 1 atom stereocenters.